The van der Waals surface area contributed by atoms with Crippen LogP contribution in [0.2, 0.25) is 5.02 Å². The molecule has 4 aliphatic rings. The monoisotopic (exact) mass is 423 g/mol. The maximum atomic E-state index is 10.6. The number of carboxylic acids is 1. The van der Waals surface area contributed by atoms with Crippen LogP contribution in [0.3, 0.4) is 0 Å². The predicted octanol–water partition coefficient (Wildman–Crippen LogP) is 6.02. The Hall–Kier alpha value is -2.33. The maximum absolute atomic E-state index is 10.6. The minimum atomic E-state index is -1.03. The highest BCUT2D eigenvalue weighted by Gasteiger charge is 2.51. The van der Waals surface area contributed by atoms with E-state index in [2.05, 4.69) is 29.3 Å². The van der Waals surface area contributed by atoms with E-state index in [-0.39, 0.29) is 0 Å². The first-order valence-electron chi connectivity index (χ1n) is 10.8. The summed E-state index contributed by atoms with van der Waals surface area (Å²) in [7, 11) is 0. The number of carboxylic acid groups (broad SMARTS) is 1. The van der Waals surface area contributed by atoms with Crippen LogP contribution in [-0.4, -0.2) is 23.9 Å². The number of ether oxygens (including phenoxy) is 1. The highest BCUT2D eigenvalue weighted by atomic mass is 35.5. The molecule has 4 fully saturated rings. The lowest BCUT2D eigenvalue weighted by atomic mass is 9.48. The van der Waals surface area contributed by atoms with Gasteiger partial charge in [-0.25, -0.2) is 4.79 Å². The summed E-state index contributed by atoms with van der Waals surface area (Å²) < 4.78 is 5.15. The van der Waals surface area contributed by atoms with Gasteiger partial charge in [0.2, 0.25) is 0 Å². The van der Waals surface area contributed by atoms with E-state index >= 15 is 0 Å². The summed E-state index contributed by atoms with van der Waals surface area (Å²) in [6.07, 6.45) is 10.3. The zero-order chi connectivity index (χ0) is 20.7. The predicted molar refractivity (Wildman–Crippen MR) is 118 cm³/mol. The third kappa shape index (κ3) is 3.85. The topological polar surface area (TPSA) is 58.9 Å². The molecule has 6 rings (SSSR count). The molecule has 4 bridgehead atoms. The number of carbonyl (C=O) groups is 1. The lowest BCUT2D eigenvalue weighted by molar-refractivity contribution is -0.139. The summed E-state index contributed by atoms with van der Waals surface area (Å²) in [5.41, 5.74) is 3.68. The van der Waals surface area contributed by atoms with Crippen LogP contribution in [0.25, 0.3) is 0 Å². The van der Waals surface area contributed by atoms with Gasteiger partial charge in [-0.2, -0.15) is 0 Å². The van der Waals surface area contributed by atoms with Gasteiger partial charge in [0.1, 0.15) is 5.75 Å². The number of nitrogens with zero attached hydrogens (tertiary/aromatic N) is 1. The first-order valence-corrected chi connectivity index (χ1v) is 11.2. The standard InChI is InChI=1S/C25H26ClNO3/c26-22-10-16(1-6-23(22)30-15-24(28)29)14-27-21-4-2-20(3-5-21)25-11-17-7-18(12-25)9-19(8-17)13-25/h1-6,10,14,17-19H,7-9,11-13,15H2,(H,28,29). The molecule has 0 amide bonds. The Morgan fingerprint density at radius 2 is 1.70 bits per heavy atom. The number of hydrogen-bond donors (Lipinski definition) is 1. The number of benzene rings is 2. The molecule has 4 aliphatic carbocycles. The van der Waals surface area contributed by atoms with E-state index in [0.29, 0.717) is 16.2 Å². The molecule has 4 nitrogen and oxygen atoms in total. The second-order valence-electron chi connectivity index (χ2n) is 9.38. The molecule has 0 aliphatic heterocycles. The van der Waals surface area contributed by atoms with E-state index in [9.17, 15) is 4.79 Å². The van der Waals surface area contributed by atoms with Crippen molar-refractivity contribution >= 4 is 29.5 Å². The molecule has 5 heteroatoms. The van der Waals surface area contributed by atoms with Crippen LogP contribution in [0.15, 0.2) is 47.5 Å². The van der Waals surface area contributed by atoms with Crippen molar-refractivity contribution in [1.29, 1.82) is 0 Å². The minimum absolute atomic E-state index is 0.358. The third-order valence-electron chi connectivity index (χ3n) is 7.19. The first kappa shape index (κ1) is 19.6. The number of halogens is 1. The molecular formula is C25H26ClNO3. The normalized spacial score (nSPS) is 29.4. The van der Waals surface area contributed by atoms with Gasteiger partial charge in [-0.3, -0.25) is 4.99 Å². The fourth-order valence-corrected chi connectivity index (χ4v) is 6.61. The SMILES string of the molecule is O=C(O)COc1ccc(C=Nc2ccc(C34CC5CC(CC(C5)C3)C4)cc2)cc1Cl. The van der Waals surface area contributed by atoms with Crippen LogP contribution in [0.4, 0.5) is 5.69 Å². The van der Waals surface area contributed by atoms with Crippen molar-refractivity contribution in [2.24, 2.45) is 22.7 Å². The number of aliphatic carboxylic acids is 1. The number of aliphatic imine (C=N–C) groups is 1. The van der Waals surface area contributed by atoms with E-state index in [1.807, 2.05) is 6.07 Å². The lowest BCUT2D eigenvalue weighted by Gasteiger charge is -2.57. The van der Waals surface area contributed by atoms with Gasteiger partial charge in [0.25, 0.3) is 0 Å². The van der Waals surface area contributed by atoms with Crippen molar-refractivity contribution in [3.05, 3.63) is 58.6 Å². The minimum Gasteiger partial charge on any atom is -0.480 e. The first-order chi connectivity index (χ1) is 14.5. The Kier molecular flexibility index (Phi) is 5.06. The van der Waals surface area contributed by atoms with Crippen molar-refractivity contribution in [3.8, 4) is 5.75 Å². The molecule has 156 valence electrons. The Morgan fingerprint density at radius 3 is 2.27 bits per heavy atom. The van der Waals surface area contributed by atoms with E-state index in [1.54, 1.807) is 18.3 Å². The smallest absolute Gasteiger partial charge is 0.341 e. The van der Waals surface area contributed by atoms with E-state index < -0.39 is 12.6 Å². The van der Waals surface area contributed by atoms with Crippen LogP contribution >= 0.6 is 11.6 Å². The summed E-state index contributed by atoms with van der Waals surface area (Å²) in [4.78, 5) is 15.2. The molecule has 0 atom stereocenters. The lowest BCUT2D eigenvalue weighted by Crippen LogP contribution is -2.48. The van der Waals surface area contributed by atoms with Gasteiger partial charge in [-0.05, 0) is 103 Å². The van der Waals surface area contributed by atoms with Gasteiger partial charge in [0, 0.05) is 6.21 Å². The molecule has 2 aromatic rings. The average Bonchev–Trinajstić information content (AvgIpc) is 2.71. The molecule has 0 unspecified atom stereocenters. The third-order valence-corrected chi connectivity index (χ3v) is 7.48. The number of hydrogen-bond acceptors (Lipinski definition) is 3. The van der Waals surface area contributed by atoms with Gasteiger partial charge >= 0.3 is 5.97 Å². The molecule has 30 heavy (non-hydrogen) atoms. The van der Waals surface area contributed by atoms with Gasteiger partial charge in [-0.15, -0.1) is 0 Å². The van der Waals surface area contributed by atoms with E-state index in [0.717, 1.165) is 29.0 Å². The highest BCUT2D eigenvalue weighted by molar-refractivity contribution is 6.32. The summed E-state index contributed by atoms with van der Waals surface area (Å²) in [6.45, 7) is -0.413. The van der Waals surface area contributed by atoms with E-state index in [1.165, 1.54) is 44.1 Å². The van der Waals surface area contributed by atoms with Crippen LogP contribution in [0.1, 0.15) is 49.7 Å². The quantitative estimate of drug-likeness (QED) is 0.577. The maximum Gasteiger partial charge on any atom is 0.341 e. The molecule has 1 N–H and O–H groups in total. The van der Waals surface area contributed by atoms with Gasteiger partial charge < -0.3 is 9.84 Å². The average molecular weight is 424 g/mol. The van der Waals surface area contributed by atoms with Crippen LogP contribution < -0.4 is 4.74 Å². The van der Waals surface area contributed by atoms with Crippen molar-refractivity contribution < 1.29 is 14.6 Å². The Bertz CT molecular complexity index is 947. The molecule has 0 aromatic heterocycles. The second-order valence-corrected chi connectivity index (χ2v) is 9.78. The van der Waals surface area contributed by atoms with Crippen LogP contribution in [-0.2, 0) is 10.2 Å². The largest absolute Gasteiger partial charge is 0.480 e. The molecule has 4 saturated carbocycles. The van der Waals surface area contributed by atoms with Crippen molar-refractivity contribution in [2.45, 2.75) is 43.9 Å². The fraction of sp³-hybridized carbons (Fsp3) is 0.440. The Balaban J connectivity index is 1.28. The molecule has 0 heterocycles. The molecule has 0 saturated heterocycles. The van der Waals surface area contributed by atoms with Crippen LogP contribution in [0.5, 0.6) is 5.75 Å². The van der Waals surface area contributed by atoms with Gasteiger partial charge in [0.15, 0.2) is 6.61 Å². The second kappa shape index (κ2) is 7.73. The molecular weight excluding hydrogens is 398 g/mol. The number of rotatable bonds is 6. The van der Waals surface area contributed by atoms with Crippen LogP contribution in [0, 0.1) is 17.8 Å². The van der Waals surface area contributed by atoms with Gasteiger partial charge in [0.05, 0.1) is 10.7 Å². The fourth-order valence-electron chi connectivity index (χ4n) is 6.37. The molecule has 0 radical (unpaired) electrons. The highest BCUT2D eigenvalue weighted by Crippen LogP contribution is 2.60. The zero-order valence-corrected chi connectivity index (χ0v) is 17.6. The van der Waals surface area contributed by atoms with Crippen molar-refractivity contribution in [2.75, 3.05) is 6.61 Å². The Morgan fingerprint density at radius 1 is 1.07 bits per heavy atom. The van der Waals surface area contributed by atoms with E-state index in [4.69, 9.17) is 21.4 Å². The summed E-state index contributed by atoms with van der Waals surface area (Å²) >= 11 is 6.19. The summed E-state index contributed by atoms with van der Waals surface area (Å²) in [6, 6.07) is 14.0. The van der Waals surface area contributed by atoms with Crippen molar-refractivity contribution in [1.82, 2.24) is 0 Å². The Labute approximate surface area is 181 Å². The summed E-state index contributed by atoms with van der Waals surface area (Å²) in [5.74, 6) is 2.16. The van der Waals surface area contributed by atoms with Crippen molar-refractivity contribution in [3.63, 3.8) is 0 Å². The zero-order valence-electron chi connectivity index (χ0n) is 16.9. The van der Waals surface area contributed by atoms with Gasteiger partial charge in [-0.1, -0.05) is 23.7 Å². The molecule has 2 aromatic carbocycles. The molecule has 0 spiro atoms. The summed E-state index contributed by atoms with van der Waals surface area (Å²) in [5, 5.41) is 9.08.